The van der Waals surface area contributed by atoms with Gasteiger partial charge in [-0.05, 0) is 49.4 Å². The summed E-state index contributed by atoms with van der Waals surface area (Å²) >= 11 is 0. The van der Waals surface area contributed by atoms with E-state index in [2.05, 4.69) is 37.8 Å². The molecule has 0 amide bonds. The molecule has 0 aromatic heterocycles. The number of nitrogen functional groups attached to an aromatic ring is 1. The third kappa shape index (κ3) is 2.16. The van der Waals surface area contributed by atoms with E-state index in [0.29, 0.717) is 12.0 Å². The van der Waals surface area contributed by atoms with Crippen LogP contribution in [0.3, 0.4) is 0 Å². The number of benzene rings is 1. The Morgan fingerprint density at radius 3 is 2.69 bits per heavy atom. The first-order valence-corrected chi connectivity index (χ1v) is 6.22. The molecule has 2 heteroatoms. The maximum Gasteiger partial charge on any atom is 0.0392 e. The number of hydrogen-bond acceptors (Lipinski definition) is 2. The van der Waals surface area contributed by atoms with E-state index in [4.69, 9.17) is 5.73 Å². The molecule has 2 rings (SSSR count). The summed E-state index contributed by atoms with van der Waals surface area (Å²) < 4.78 is 0. The van der Waals surface area contributed by atoms with Crippen LogP contribution in [0.2, 0.25) is 0 Å². The van der Waals surface area contributed by atoms with Gasteiger partial charge in [0.1, 0.15) is 0 Å². The fourth-order valence-electron chi connectivity index (χ4n) is 2.76. The quantitative estimate of drug-likeness (QED) is 0.772. The first-order chi connectivity index (χ1) is 7.58. The largest absolute Gasteiger partial charge is 0.399 e. The molecule has 2 N–H and O–H groups in total. The zero-order valence-electron chi connectivity index (χ0n) is 10.5. The highest BCUT2D eigenvalue weighted by molar-refractivity contribution is 5.59. The topological polar surface area (TPSA) is 29.3 Å². The highest BCUT2D eigenvalue weighted by Gasteiger charge is 2.27. The van der Waals surface area contributed by atoms with Crippen LogP contribution < -0.4 is 10.6 Å². The molecular formula is C14H22N2. The van der Waals surface area contributed by atoms with Crippen LogP contribution >= 0.6 is 0 Å². The van der Waals surface area contributed by atoms with E-state index in [0.717, 1.165) is 5.69 Å². The van der Waals surface area contributed by atoms with Crippen LogP contribution in [0.4, 0.5) is 11.4 Å². The third-order valence-corrected chi connectivity index (χ3v) is 3.48. The van der Waals surface area contributed by atoms with E-state index in [1.165, 1.54) is 30.6 Å². The normalized spacial score (nSPS) is 20.8. The maximum absolute atomic E-state index is 5.92. The van der Waals surface area contributed by atoms with Crippen molar-refractivity contribution in [3.8, 4) is 0 Å². The molecule has 0 bridgehead atoms. The van der Waals surface area contributed by atoms with E-state index in [1.54, 1.807) is 0 Å². The summed E-state index contributed by atoms with van der Waals surface area (Å²) in [6, 6.07) is 7.07. The van der Waals surface area contributed by atoms with Gasteiger partial charge in [0.2, 0.25) is 0 Å². The number of nitrogens with two attached hydrogens (primary N) is 1. The first kappa shape index (κ1) is 11.3. The van der Waals surface area contributed by atoms with Gasteiger partial charge in [-0.2, -0.15) is 0 Å². The molecule has 16 heavy (non-hydrogen) atoms. The average molecular weight is 218 g/mol. The van der Waals surface area contributed by atoms with Gasteiger partial charge < -0.3 is 10.6 Å². The molecule has 0 spiro atoms. The fraction of sp³-hybridized carbons (Fsp3) is 0.571. The number of hydrogen-bond donors (Lipinski definition) is 1. The van der Waals surface area contributed by atoms with Crippen molar-refractivity contribution in [2.24, 2.45) is 5.92 Å². The number of rotatable bonds is 2. The second kappa shape index (κ2) is 4.36. The van der Waals surface area contributed by atoms with Crippen molar-refractivity contribution in [1.29, 1.82) is 0 Å². The van der Waals surface area contributed by atoms with Crippen LogP contribution in [-0.4, -0.2) is 12.6 Å². The number of anilines is 2. The molecule has 0 saturated carbocycles. The van der Waals surface area contributed by atoms with Crippen LogP contribution in [-0.2, 0) is 0 Å². The number of nitrogens with zero attached hydrogens (tertiary/aromatic N) is 1. The lowest BCUT2D eigenvalue weighted by atomic mass is 10.0. The Kier molecular flexibility index (Phi) is 3.08. The van der Waals surface area contributed by atoms with Crippen molar-refractivity contribution in [3.05, 3.63) is 23.8 Å². The lowest BCUT2D eigenvalue weighted by Crippen LogP contribution is -2.33. The summed E-state index contributed by atoms with van der Waals surface area (Å²) in [7, 11) is 0. The van der Waals surface area contributed by atoms with E-state index in [9.17, 15) is 0 Å². The Morgan fingerprint density at radius 2 is 2.06 bits per heavy atom. The number of aryl methyl sites for hydroxylation is 1. The Balaban J connectivity index is 2.29. The average Bonchev–Trinajstić information content (AvgIpc) is 2.63. The molecule has 1 aliphatic heterocycles. The van der Waals surface area contributed by atoms with Crippen molar-refractivity contribution < 1.29 is 0 Å². The molecule has 0 aliphatic carbocycles. The van der Waals surface area contributed by atoms with E-state index >= 15 is 0 Å². The summed E-state index contributed by atoms with van der Waals surface area (Å²) in [4.78, 5) is 2.52. The summed E-state index contributed by atoms with van der Waals surface area (Å²) in [6.45, 7) is 7.90. The minimum atomic E-state index is 0.682. The molecule has 1 atom stereocenters. The van der Waals surface area contributed by atoms with Gasteiger partial charge in [-0.3, -0.25) is 0 Å². The van der Waals surface area contributed by atoms with Gasteiger partial charge >= 0.3 is 0 Å². The fourth-order valence-corrected chi connectivity index (χ4v) is 2.76. The first-order valence-electron chi connectivity index (χ1n) is 6.22. The molecule has 2 nitrogen and oxygen atoms in total. The monoisotopic (exact) mass is 218 g/mol. The maximum atomic E-state index is 5.92. The smallest absolute Gasteiger partial charge is 0.0392 e. The molecule has 1 aromatic rings. The van der Waals surface area contributed by atoms with Gasteiger partial charge in [0.25, 0.3) is 0 Å². The van der Waals surface area contributed by atoms with Crippen LogP contribution in [0.1, 0.15) is 32.3 Å². The summed E-state index contributed by atoms with van der Waals surface area (Å²) in [5.74, 6) is 0.712. The Labute approximate surface area is 98.4 Å². The van der Waals surface area contributed by atoms with Crippen LogP contribution in [0.5, 0.6) is 0 Å². The third-order valence-electron chi connectivity index (χ3n) is 3.48. The van der Waals surface area contributed by atoms with Gasteiger partial charge in [0, 0.05) is 24.0 Å². The predicted molar refractivity (Wildman–Crippen MR) is 70.8 cm³/mol. The minimum Gasteiger partial charge on any atom is -0.399 e. The van der Waals surface area contributed by atoms with Gasteiger partial charge in [0.05, 0.1) is 0 Å². The zero-order chi connectivity index (χ0) is 11.7. The minimum absolute atomic E-state index is 0.682. The van der Waals surface area contributed by atoms with Gasteiger partial charge in [-0.1, -0.05) is 13.8 Å². The highest BCUT2D eigenvalue weighted by atomic mass is 15.2. The lowest BCUT2D eigenvalue weighted by molar-refractivity contribution is 0.492. The highest BCUT2D eigenvalue weighted by Crippen LogP contribution is 2.31. The molecule has 1 aromatic carbocycles. The van der Waals surface area contributed by atoms with E-state index < -0.39 is 0 Å². The Hall–Kier alpha value is -1.18. The second-order valence-electron chi connectivity index (χ2n) is 5.25. The van der Waals surface area contributed by atoms with Crippen molar-refractivity contribution in [2.75, 3.05) is 17.2 Å². The molecule has 88 valence electrons. The van der Waals surface area contributed by atoms with Gasteiger partial charge in [-0.15, -0.1) is 0 Å². The summed E-state index contributed by atoms with van der Waals surface area (Å²) in [6.07, 6.45) is 2.61. The van der Waals surface area contributed by atoms with Gasteiger partial charge in [0.15, 0.2) is 0 Å². The van der Waals surface area contributed by atoms with Gasteiger partial charge in [-0.25, -0.2) is 0 Å². The van der Waals surface area contributed by atoms with Crippen LogP contribution in [0.25, 0.3) is 0 Å². The molecular weight excluding hydrogens is 196 g/mol. The van der Waals surface area contributed by atoms with Crippen molar-refractivity contribution in [3.63, 3.8) is 0 Å². The zero-order valence-corrected chi connectivity index (χ0v) is 10.5. The molecule has 1 saturated heterocycles. The second-order valence-corrected chi connectivity index (χ2v) is 5.25. The molecule has 1 aliphatic rings. The molecule has 0 radical (unpaired) electrons. The summed E-state index contributed by atoms with van der Waals surface area (Å²) in [5, 5.41) is 0. The summed E-state index contributed by atoms with van der Waals surface area (Å²) in [5.41, 5.74) is 9.35. The Morgan fingerprint density at radius 1 is 1.31 bits per heavy atom. The Bertz CT molecular complexity index is 351. The van der Waals surface area contributed by atoms with Crippen LogP contribution in [0.15, 0.2) is 18.2 Å². The molecule has 1 heterocycles. The molecule has 1 unspecified atom stereocenters. The van der Waals surface area contributed by atoms with E-state index in [1.807, 2.05) is 6.07 Å². The lowest BCUT2D eigenvalue weighted by Gasteiger charge is -2.30. The van der Waals surface area contributed by atoms with Crippen LogP contribution in [0, 0.1) is 12.8 Å². The van der Waals surface area contributed by atoms with Crippen molar-refractivity contribution >= 4 is 11.4 Å². The molecule has 1 fully saturated rings. The van der Waals surface area contributed by atoms with Crippen molar-refractivity contribution in [1.82, 2.24) is 0 Å². The SMILES string of the molecule is Cc1cc(N)cc(N2CCCC2C(C)C)c1. The standard InChI is InChI=1S/C14H22N2/c1-10(2)14-5-4-6-16(14)13-8-11(3)7-12(15)9-13/h7-10,14H,4-6,15H2,1-3H3. The van der Waals surface area contributed by atoms with E-state index in [-0.39, 0.29) is 0 Å². The van der Waals surface area contributed by atoms with Crippen molar-refractivity contribution in [2.45, 2.75) is 39.7 Å². The predicted octanol–water partition coefficient (Wildman–Crippen LogP) is 3.20.